The van der Waals surface area contributed by atoms with Crippen LogP contribution in [0.4, 0.5) is 13.2 Å². The van der Waals surface area contributed by atoms with Gasteiger partial charge in [0.1, 0.15) is 12.4 Å². The summed E-state index contributed by atoms with van der Waals surface area (Å²) >= 11 is 0. The van der Waals surface area contributed by atoms with Crippen molar-refractivity contribution in [2.75, 3.05) is 13.2 Å². The summed E-state index contributed by atoms with van der Waals surface area (Å²) in [4.78, 5) is 11.1. The van der Waals surface area contributed by atoms with Gasteiger partial charge in [-0.25, -0.2) is 0 Å². The fraction of sp³-hybridized carbons (Fsp3) is 0.700. The number of carbonyl (C=O) groups is 1. The van der Waals surface area contributed by atoms with Crippen molar-refractivity contribution in [2.45, 2.75) is 32.4 Å². The Bertz CT molecular complexity index is 221. The molecular formula is C10H15F3O2. The first-order chi connectivity index (χ1) is 6.85. The van der Waals surface area contributed by atoms with Gasteiger partial charge in [-0.2, -0.15) is 13.2 Å². The van der Waals surface area contributed by atoms with Gasteiger partial charge in [-0.05, 0) is 6.42 Å². The molecule has 0 aliphatic rings. The van der Waals surface area contributed by atoms with Crippen LogP contribution in [0.2, 0.25) is 0 Å². The Morgan fingerprint density at radius 2 is 2.00 bits per heavy atom. The van der Waals surface area contributed by atoms with Crippen LogP contribution in [0.15, 0.2) is 12.2 Å². The minimum Gasteiger partial charge on any atom is -0.372 e. The Hall–Kier alpha value is -0.840. The number of hydrogen-bond donors (Lipinski definition) is 0. The molecule has 0 fully saturated rings. The van der Waals surface area contributed by atoms with Crippen molar-refractivity contribution in [3.05, 3.63) is 12.2 Å². The number of carbonyl (C=O) groups excluding carboxylic acids is 1. The molecule has 0 aromatic rings. The third kappa shape index (κ3) is 9.46. The molecular weight excluding hydrogens is 209 g/mol. The van der Waals surface area contributed by atoms with E-state index < -0.39 is 12.8 Å². The lowest BCUT2D eigenvalue weighted by Gasteiger charge is -2.07. The van der Waals surface area contributed by atoms with Crippen LogP contribution in [0.5, 0.6) is 0 Å². The molecule has 0 amide bonds. The van der Waals surface area contributed by atoms with Gasteiger partial charge in [0.15, 0.2) is 0 Å². The molecule has 0 saturated carbocycles. The van der Waals surface area contributed by atoms with Crippen LogP contribution in [-0.2, 0) is 9.53 Å². The Kier molecular flexibility index (Phi) is 6.24. The number of hydrogen-bond acceptors (Lipinski definition) is 2. The molecule has 0 aliphatic heterocycles. The molecule has 0 aromatic carbocycles. The summed E-state index contributed by atoms with van der Waals surface area (Å²) in [7, 11) is 0. The van der Waals surface area contributed by atoms with Gasteiger partial charge in [0.05, 0.1) is 6.61 Å². The molecule has 0 rings (SSSR count). The van der Waals surface area contributed by atoms with Crippen molar-refractivity contribution in [3.8, 4) is 0 Å². The zero-order valence-electron chi connectivity index (χ0n) is 8.69. The first kappa shape index (κ1) is 14.2. The zero-order valence-corrected chi connectivity index (χ0v) is 8.69. The maximum atomic E-state index is 11.6. The molecule has 88 valence electrons. The van der Waals surface area contributed by atoms with Gasteiger partial charge < -0.3 is 4.74 Å². The fourth-order valence-corrected chi connectivity index (χ4v) is 0.866. The van der Waals surface area contributed by atoms with Gasteiger partial charge in [-0.1, -0.05) is 19.1 Å². The second kappa shape index (κ2) is 6.61. The highest BCUT2D eigenvalue weighted by molar-refractivity contribution is 5.80. The molecule has 0 aromatic heterocycles. The van der Waals surface area contributed by atoms with Crippen LogP contribution in [0.25, 0.3) is 0 Å². The second-order valence-electron chi connectivity index (χ2n) is 3.24. The molecule has 0 bridgehead atoms. The normalized spacial score (nSPS) is 11.5. The second-order valence-corrected chi connectivity index (χ2v) is 3.24. The smallest absolute Gasteiger partial charge is 0.372 e. The number of halogens is 3. The van der Waals surface area contributed by atoms with E-state index in [1.807, 2.05) is 6.92 Å². The average Bonchev–Trinajstić information content (AvgIpc) is 2.11. The lowest BCUT2D eigenvalue weighted by molar-refractivity contribution is -0.174. The van der Waals surface area contributed by atoms with Crippen molar-refractivity contribution in [2.24, 2.45) is 0 Å². The quantitative estimate of drug-likeness (QED) is 0.491. The Morgan fingerprint density at radius 3 is 2.47 bits per heavy atom. The van der Waals surface area contributed by atoms with Crippen molar-refractivity contribution >= 4 is 5.78 Å². The first-order valence-corrected chi connectivity index (χ1v) is 4.68. The predicted molar refractivity (Wildman–Crippen MR) is 50.5 cm³/mol. The molecule has 0 saturated heterocycles. The van der Waals surface area contributed by atoms with Gasteiger partial charge >= 0.3 is 6.18 Å². The predicted octanol–water partition coefficient (Wildman–Crippen LogP) is 2.88. The number of ether oxygens (including phenoxy) is 1. The van der Waals surface area contributed by atoms with E-state index in [2.05, 4.69) is 11.3 Å². The summed E-state index contributed by atoms with van der Waals surface area (Å²) < 4.78 is 39.2. The van der Waals surface area contributed by atoms with E-state index in [1.54, 1.807) is 0 Å². The summed E-state index contributed by atoms with van der Waals surface area (Å²) in [6, 6.07) is 0. The van der Waals surface area contributed by atoms with Crippen molar-refractivity contribution in [3.63, 3.8) is 0 Å². The van der Waals surface area contributed by atoms with E-state index in [9.17, 15) is 18.0 Å². The molecule has 0 atom stereocenters. The van der Waals surface area contributed by atoms with Crippen LogP contribution in [0.3, 0.4) is 0 Å². The maximum Gasteiger partial charge on any atom is 0.411 e. The van der Waals surface area contributed by atoms with Gasteiger partial charge in [0.25, 0.3) is 0 Å². The monoisotopic (exact) mass is 224 g/mol. The third-order valence-electron chi connectivity index (χ3n) is 1.74. The van der Waals surface area contributed by atoms with Crippen molar-refractivity contribution in [1.29, 1.82) is 0 Å². The lowest BCUT2D eigenvalue weighted by Crippen LogP contribution is -2.18. The fourth-order valence-electron chi connectivity index (χ4n) is 0.866. The average molecular weight is 224 g/mol. The lowest BCUT2D eigenvalue weighted by atomic mass is 10.1. The third-order valence-corrected chi connectivity index (χ3v) is 1.74. The van der Waals surface area contributed by atoms with E-state index in [0.29, 0.717) is 6.42 Å². The standard InChI is InChI=1S/C10H15F3O2/c1-3-8(2)6-9(14)4-5-15-7-10(11,12)13/h2-7H2,1H3. The summed E-state index contributed by atoms with van der Waals surface area (Å²) in [6.45, 7) is 4.03. The summed E-state index contributed by atoms with van der Waals surface area (Å²) in [5.41, 5.74) is 0.788. The highest BCUT2D eigenvalue weighted by Gasteiger charge is 2.27. The van der Waals surface area contributed by atoms with Crippen LogP contribution < -0.4 is 0 Å². The van der Waals surface area contributed by atoms with Gasteiger partial charge in [-0.3, -0.25) is 4.79 Å². The summed E-state index contributed by atoms with van der Waals surface area (Å²) in [6.07, 6.45) is -3.38. The highest BCUT2D eigenvalue weighted by atomic mass is 19.4. The van der Waals surface area contributed by atoms with Gasteiger partial charge in [0, 0.05) is 12.8 Å². The zero-order chi connectivity index (χ0) is 11.9. The number of ketones is 1. The molecule has 5 heteroatoms. The van der Waals surface area contributed by atoms with Crippen LogP contribution >= 0.6 is 0 Å². The van der Waals surface area contributed by atoms with E-state index >= 15 is 0 Å². The van der Waals surface area contributed by atoms with E-state index in [4.69, 9.17) is 0 Å². The van der Waals surface area contributed by atoms with E-state index in [1.165, 1.54) is 0 Å². The Balaban J connectivity index is 3.52. The molecule has 0 aliphatic carbocycles. The summed E-state index contributed by atoms with van der Waals surface area (Å²) in [5, 5.41) is 0. The van der Waals surface area contributed by atoms with Crippen LogP contribution in [0.1, 0.15) is 26.2 Å². The number of allylic oxidation sites excluding steroid dienone is 1. The molecule has 0 heterocycles. The highest BCUT2D eigenvalue weighted by Crippen LogP contribution is 2.14. The maximum absolute atomic E-state index is 11.6. The number of Topliss-reactive ketones (excluding diaryl/α,β-unsaturated/α-hetero) is 1. The molecule has 0 radical (unpaired) electrons. The summed E-state index contributed by atoms with van der Waals surface area (Å²) in [5.74, 6) is -0.135. The van der Waals surface area contributed by atoms with Crippen LogP contribution in [0, 0.1) is 0 Å². The van der Waals surface area contributed by atoms with E-state index in [-0.39, 0.29) is 25.2 Å². The van der Waals surface area contributed by atoms with Crippen LogP contribution in [-0.4, -0.2) is 25.2 Å². The van der Waals surface area contributed by atoms with Gasteiger partial charge in [0.2, 0.25) is 0 Å². The largest absolute Gasteiger partial charge is 0.411 e. The molecule has 0 N–H and O–H groups in total. The van der Waals surface area contributed by atoms with E-state index in [0.717, 1.165) is 5.57 Å². The molecule has 0 unspecified atom stereocenters. The minimum absolute atomic E-state index is 0.00903. The van der Waals surface area contributed by atoms with Crippen molar-refractivity contribution in [1.82, 2.24) is 0 Å². The number of alkyl halides is 3. The minimum atomic E-state index is -4.32. The molecule has 2 nitrogen and oxygen atoms in total. The first-order valence-electron chi connectivity index (χ1n) is 4.68. The molecule has 0 spiro atoms. The van der Waals surface area contributed by atoms with Gasteiger partial charge in [-0.15, -0.1) is 0 Å². The Labute approximate surface area is 87.1 Å². The Morgan fingerprint density at radius 1 is 1.40 bits per heavy atom. The molecule has 15 heavy (non-hydrogen) atoms. The van der Waals surface area contributed by atoms with Crippen molar-refractivity contribution < 1.29 is 22.7 Å². The topological polar surface area (TPSA) is 26.3 Å². The number of rotatable bonds is 7. The SMILES string of the molecule is C=C(CC)CC(=O)CCOCC(F)(F)F.